The lowest BCUT2D eigenvalue weighted by atomic mass is 9.81. The minimum absolute atomic E-state index is 0.210. The fraction of sp³-hybridized carbons (Fsp3) is 0.357. The van der Waals surface area contributed by atoms with Gasteiger partial charge in [-0.25, -0.2) is 9.78 Å². The standard InChI is InChI=1S/C28H31ClN4O2/c1-2-35-28(34)33-14-9-20(10-15-33)26-24-8-7-23(29)18-25(24)21(6-4-13-32-16-12-30-19-32)17-22-5-3-11-31-27(22)26/h3,5,7-8,11-12,16-20,31H,2,4,6,9-10,13-15H2,1H3. The molecule has 182 valence electrons. The summed E-state index contributed by atoms with van der Waals surface area (Å²) in [4.78, 5) is 18.2. The number of allylic oxidation sites excluding steroid dienone is 5. The molecule has 7 heteroatoms. The molecule has 2 aromatic rings. The van der Waals surface area contributed by atoms with E-state index in [0.29, 0.717) is 25.6 Å². The molecule has 1 aromatic heterocycles. The second-order valence-corrected chi connectivity index (χ2v) is 9.57. The molecule has 1 fully saturated rings. The van der Waals surface area contributed by atoms with Gasteiger partial charge >= 0.3 is 6.09 Å². The molecule has 1 aromatic carbocycles. The highest BCUT2D eigenvalue weighted by Crippen LogP contribution is 2.44. The zero-order valence-corrected chi connectivity index (χ0v) is 20.8. The zero-order valence-electron chi connectivity index (χ0n) is 20.0. The maximum absolute atomic E-state index is 12.3. The third kappa shape index (κ3) is 5.08. The van der Waals surface area contributed by atoms with E-state index >= 15 is 0 Å². The number of amides is 1. The van der Waals surface area contributed by atoms with Crippen LogP contribution in [0, 0.1) is 5.92 Å². The number of rotatable bonds is 6. The average molecular weight is 491 g/mol. The van der Waals surface area contributed by atoms with E-state index in [1.165, 1.54) is 27.8 Å². The van der Waals surface area contributed by atoms with Crippen LogP contribution in [0.25, 0.3) is 11.1 Å². The second-order valence-electron chi connectivity index (χ2n) is 9.14. The fourth-order valence-electron chi connectivity index (χ4n) is 5.29. The van der Waals surface area contributed by atoms with Gasteiger partial charge in [0, 0.05) is 48.9 Å². The van der Waals surface area contributed by atoms with Gasteiger partial charge in [0.1, 0.15) is 0 Å². The number of halogens is 1. The zero-order chi connectivity index (χ0) is 24.2. The van der Waals surface area contributed by atoms with Crippen molar-refractivity contribution in [3.8, 4) is 0 Å². The number of hydrogen-bond acceptors (Lipinski definition) is 4. The second kappa shape index (κ2) is 10.6. The predicted octanol–water partition coefficient (Wildman–Crippen LogP) is 6.04. The Morgan fingerprint density at radius 3 is 2.89 bits per heavy atom. The molecule has 1 amide bonds. The number of aromatic nitrogens is 2. The summed E-state index contributed by atoms with van der Waals surface area (Å²) in [6.07, 6.45) is 17.8. The molecule has 0 atom stereocenters. The molecule has 0 spiro atoms. The van der Waals surface area contributed by atoms with Crippen LogP contribution < -0.4 is 5.32 Å². The third-order valence-corrected chi connectivity index (χ3v) is 7.19. The van der Waals surface area contributed by atoms with E-state index in [4.69, 9.17) is 16.3 Å². The van der Waals surface area contributed by atoms with Crippen LogP contribution in [0.15, 0.2) is 72.6 Å². The first kappa shape index (κ1) is 23.5. The van der Waals surface area contributed by atoms with E-state index in [-0.39, 0.29) is 6.09 Å². The number of piperidine rings is 1. The maximum atomic E-state index is 12.3. The summed E-state index contributed by atoms with van der Waals surface area (Å²) in [5, 5.41) is 4.30. The first-order valence-electron chi connectivity index (χ1n) is 12.4. The summed E-state index contributed by atoms with van der Waals surface area (Å²) in [7, 11) is 0. The maximum Gasteiger partial charge on any atom is 0.409 e. The van der Waals surface area contributed by atoms with Crippen molar-refractivity contribution in [3.05, 3.63) is 88.8 Å². The SMILES string of the molecule is CCOC(=O)N1CCC(C2=C3NC=CC=C3C=C(CCCn3ccnc3)c3cc(Cl)ccc32)CC1. The number of dihydropyridines is 1. The Labute approximate surface area is 211 Å². The predicted molar refractivity (Wildman–Crippen MR) is 139 cm³/mol. The Morgan fingerprint density at radius 1 is 1.26 bits per heavy atom. The van der Waals surface area contributed by atoms with Gasteiger partial charge in [-0.05, 0) is 90.7 Å². The highest BCUT2D eigenvalue weighted by molar-refractivity contribution is 6.30. The molecule has 1 saturated heterocycles. The fourth-order valence-corrected chi connectivity index (χ4v) is 5.46. The van der Waals surface area contributed by atoms with E-state index in [1.807, 2.05) is 42.8 Å². The van der Waals surface area contributed by atoms with E-state index in [9.17, 15) is 4.79 Å². The van der Waals surface area contributed by atoms with Crippen LogP contribution in [0.3, 0.4) is 0 Å². The van der Waals surface area contributed by atoms with Crippen molar-refractivity contribution in [2.45, 2.75) is 39.2 Å². The van der Waals surface area contributed by atoms with Crippen molar-refractivity contribution in [1.29, 1.82) is 0 Å². The smallest absolute Gasteiger partial charge is 0.409 e. The van der Waals surface area contributed by atoms with Gasteiger partial charge in [0.2, 0.25) is 0 Å². The van der Waals surface area contributed by atoms with Gasteiger partial charge in [0.05, 0.1) is 12.9 Å². The molecule has 1 aliphatic carbocycles. The Morgan fingerprint density at radius 2 is 2.11 bits per heavy atom. The summed E-state index contributed by atoms with van der Waals surface area (Å²) in [5.41, 5.74) is 7.41. The first-order chi connectivity index (χ1) is 17.1. The van der Waals surface area contributed by atoms with Crippen LogP contribution in [-0.2, 0) is 11.3 Å². The van der Waals surface area contributed by atoms with Crippen molar-refractivity contribution in [1.82, 2.24) is 19.8 Å². The normalized spacial score (nSPS) is 17.7. The highest BCUT2D eigenvalue weighted by atomic mass is 35.5. The van der Waals surface area contributed by atoms with E-state index in [0.717, 1.165) is 42.9 Å². The molecule has 0 saturated carbocycles. The lowest BCUT2D eigenvalue weighted by molar-refractivity contribution is 0.0959. The van der Waals surface area contributed by atoms with Gasteiger partial charge in [-0.1, -0.05) is 23.7 Å². The van der Waals surface area contributed by atoms with Crippen LogP contribution >= 0.6 is 11.6 Å². The van der Waals surface area contributed by atoms with Gasteiger partial charge in [0.15, 0.2) is 0 Å². The van der Waals surface area contributed by atoms with E-state index in [1.54, 1.807) is 0 Å². The monoisotopic (exact) mass is 490 g/mol. The van der Waals surface area contributed by atoms with Crippen LogP contribution in [-0.4, -0.2) is 40.2 Å². The molecule has 5 rings (SSSR count). The average Bonchev–Trinajstić information content (AvgIpc) is 3.35. The van der Waals surface area contributed by atoms with Crippen LogP contribution in [0.1, 0.15) is 43.7 Å². The molecule has 35 heavy (non-hydrogen) atoms. The Hall–Kier alpha value is -3.25. The first-order valence-corrected chi connectivity index (χ1v) is 12.8. The number of carbonyl (C=O) groups excluding carboxylic acids is 1. The topological polar surface area (TPSA) is 59.4 Å². The number of hydrogen-bond donors (Lipinski definition) is 1. The Kier molecular flexibility index (Phi) is 7.09. The summed E-state index contributed by atoms with van der Waals surface area (Å²) < 4.78 is 7.35. The van der Waals surface area contributed by atoms with Crippen molar-refractivity contribution < 1.29 is 9.53 Å². The number of carbonyl (C=O) groups is 1. The highest BCUT2D eigenvalue weighted by Gasteiger charge is 2.31. The molecule has 6 nitrogen and oxygen atoms in total. The molecule has 0 radical (unpaired) electrons. The van der Waals surface area contributed by atoms with Gasteiger partial charge < -0.3 is 19.5 Å². The van der Waals surface area contributed by atoms with Crippen molar-refractivity contribution in [3.63, 3.8) is 0 Å². The van der Waals surface area contributed by atoms with Crippen molar-refractivity contribution >= 4 is 28.8 Å². The number of nitrogens with zero attached hydrogens (tertiary/aromatic N) is 3. The third-order valence-electron chi connectivity index (χ3n) is 6.96. The number of likely N-dealkylation sites (tertiary alicyclic amines) is 1. The van der Waals surface area contributed by atoms with Gasteiger partial charge in [-0.2, -0.15) is 0 Å². The lowest BCUT2D eigenvalue weighted by Crippen LogP contribution is -2.39. The largest absolute Gasteiger partial charge is 0.450 e. The molecule has 0 unspecified atom stereocenters. The lowest BCUT2D eigenvalue weighted by Gasteiger charge is -2.34. The minimum Gasteiger partial charge on any atom is -0.450 e. The van der Waals surface area contributed by atoms with Crippen LogP contribution in [0.2, 0.25) is 5.02 Å². The van der Waals surface area contributed by atoms with Crippen molar-refractivity contribution in [2.75, 3.05) is 19.7 Å². The van der Waals surface area contributed by atoms with Gasteiger partial charge in [-0.15, -0.1) is 0 Å². The quantitative estimate of drug-likeness (QED) is 0.536. The van der Waals surface area contributed by atoms with E-state index < -0.39 is 0 Å². The molecule has 0 bridgehead atoms. The number of imidazole rings is 1. The molecule has 2 aliphatic heterocycles. The molecule has 3 aliphatic rings. The van der Waals surface area contributed by atoms with E-state index in [2.05, 4.69) is 45.2 Å². The Bertz CT molecular complexity index is 1200. The molecular weight excluding hydrogens is 460 g/mol. The number of benzene rings is 1. The van der Waals surface area contributed by atoms with Crippen LogP contribution in [0.4, 0.5) is 4.79 Å². The summed E-state index contributed by atoms with van der Waals surface area (Å²) in [6.45, 7) is 4.57. The van der Waals surface area contributed by atoms with Crippen LogP contribution in [0.5, 0.6) is 0 Å². The summed E-state index contributed by atoms with van der Waals surface area (Å²) in [5.74, 6) is 0.330. The van der Waals surface area contributed by atoms with Gasteiger partial charge in [0.25, 0.3) is 0 Å². The Balaban J connectivity index is 1.46. The summed E-state index contributed by atoms with van der Waals surface area (Å²) >= 11 is 6.52. The molecular formula is C28H31ClN4O2. The van der Waals surface area contributed by atoms with Gasteiger partial charge in [-0.3, -0.25) is 0 Å². The number of fused-ring (bicyclic) bond motifs is 2. The minimum atomic E-state index is -0.210. The summed E-state index contributed by atoms with van der Waals surface area (Å²) in [6, 6.07) is 6.27. The number of ether oxygens (including phenoxy) is 1. The number of nitrogens with one attached hydrogen (secondary N) is 1. The molecule has 1 N–H and O–H groups in total. The number of aryl methyl sites for hydroxylation is 1. The molecule has 3 heterocycles. The van der Waals surface area contributed by atoms with Crippen molar-refractivity contribution in [2.24, 2.45) is 5.92 Å².